The van der Waals surface area contributed by atoms with Crippen molar-refractivity contribution in [1.82, 2.24) is 9.88 Å². The third kappa shape index (κ3) is 2.82. The van der Waals surface area contributed by atoms with Crippen LogP contribution < -0.4 is 0 Å². The van der Waals surface area contributed by atoms with Crippen molar-refractivity contribution in [1.29, 1.82) is 0 Å². The molecule has 0 radical (unpaired) electrons. The lowest BCUT2D eigenvalue weighted by Gasteiger charge is -2.32. The molecule has 1 unspecified atom stereocenters. The average Bonchev–Trinajstić information content (AvgIpc) is 2.38. The maximum atomic E-state index is 12.4. The van der Waals surface area contributed by atoms with Crippen molar-refractivity contribution in [3.63, 3.8) is 0 Å². The lowest BCUT2D eigenvalue weighted by atomic mass is 9.98. The quantitative estimate of drug-likeness (QED) is 0.834. The van der Waals surface area contributed by atoms with Crippen LogP contribution in [-0.2, 0) is 0 Å². The standard InChI is InChI=1S/C13H17ClN2O2/c1-9-11(4-5-12(14)15-9)13(18)16-6-2-3-10(7-16)8-17/h4-5,10,17H,2-3,6-8H2,1H3. The molecule has 0 aromatic carbocycles. The second-order valence-corrected chi connectivity index (χ2v) is 5.10. The predicted octanol–water partition coefficient (Wildman–Crippen LogP) is 1.89. The Morgan fingerprint density at radius 1 is 1.61 bits per heavy atom. The molecule has 1 aliphatic rings. The van der Waals surface area contributed by atoms with Crippen molar-refractivity contribution in [3.05, 3.63) is 28.5 Å². The summed E-state index contributed by atoms with van der Waals surface area (Å²) in [7, 11) is 0. The van der Waals surface area contributed by atoms with Gasteiger partial charge in [0.25, 0.3) is 5.91 Å². The van der Waals surface area contributed by atoms with Gasteiger partial charge in [0.2, 0.25) is 0 Å². The molecule has 2 heterocycles. The van der Waals surface area contributed by atoms with Gasteiger partial charge in [-0.3, -0.25) is 4.79 Å². The number of carbonyl (C=O) groups is 1. The number of aromatic nitrogens is 1. The lowest BCUT2D eigenvalue weighted by Crippen LogP contribution is -2.41. The zero-order chi connectivity index (χ0) is 13.1. The van der Waals surface area contributed by atoms with E-state index in [4.69, 9.17) is 11.6 Å². The Morgan fingerprint density at radius 3 is 3.06 bits per heavy atom. The summed E-state index contributed by atoms with van der Waals surface area (Å²) in [5.74, 6) is 0.179. The summed E-state index contributed by atoms with van der Waals surface area (Å²) in [4.78, 5) is 18.2. The Morgan fingerprint density at radius 2 is 2.39 bits per heavy atom. The van der Waals surface area contributed by atoms with Crippen molar-refractivity contribution in [2.75, 3.05) is 19.7 Å². The number of aryl methyl sites for hydroxylation is 1. The van der Waals surface area contributed by atoms with Gasteiger partial charge >= 0.3 is 0 Å². The number of piperidine rings is 1. The SMILES string of the molecule is Cc1nc(Cl)ccc1C(=O)N1CCCC(CO)C1. The minimum absolute atomic E-state index is 0.0187. The second-order valence-electron chi connectivity index (χ2n) is 4.71. The predicted molar refractivity (Wildman–Crippen MR) is 69.7 cm³/mol. The summed E-state index contributed by atoms with van der Waals surface area (Å²) in [6.07, 6.45) is 1.93. The van der Waals surface area contributed by atoms with Crippen molar-refractivity contribution < 1.29 is 9.90 Å². The second kappa shape index (κ2) is 5.67. The average molecular weight is 269 g/mol. The number of hydrogen-bond acceptors (Lipinski definition) is 3. The molecule has 1 N–H and O–H groups in total. The number of carbonyl (C=O) groups excluding carboxylic acids is 1. The molecule has 1 aliphatic heterocycles. The maximum absolute atomic E-state index is 12.4. The van der Waals surface area contributed by atoms with Crippen LogP contribution in [0.4, 0.5) is 0 Å². The van der Waals surface area contributed by atoms with Crippen LogP contribution >= 0.6 is 11.6 Å². The van der Waals surface area contributed by atoms with Gasteiger partial charge in [0.15, 0.2) is 0 Å². The third-order valence-corrected chi connectivity index (χ3v) is 3.56. The topological polar surface area (TPSA) is 53.4 Å². The highest BCUT2D eigenvalue weighted by atomic mass is 35.5. The number of hydrogen-bond donors (Lipinski definition) is 1. The van der Waals surface area contributed by atoms with Gasteiger partial charge in [0.1, 0.15) is 5.15 Å². The third-order valence-electron chi connectivity index (χ3n) is 3.35. The van der Waals surface area contributed by atoms with Gasteiger partial charge in [-0.05, 0) is 37.8 Å². The van der Waals surface area contributed by atoms with Gasteiger partial charge in [-0.25, -0.2) is 4.98 Å². The van der Waals surface area contributed by atoms with Crippen LogP contribution in [0.5, 0.6) is 0 Å². The van der Waals surface area contributed by atoms with E-state index in [1.807, 2.05) is 0 Å². The van der Waals surface area contributed by atoms with Crippen LogP contribution in [0.15, 0.2) is 12.1 Å². The van der Waals surface area contributed by atoms with Gasteiger partial charge in [-0.15, -0.1) is 0 Å². The fourth-order valence-corrected chi connectivity index (χ4v) is 2.52. The summed E-state index contributed by atoms with van der Waals surface area (Å²) >= 11 is 5.78. The molecule has 1 saturated heterocycles. The largest absolute Gasteiger partial charge is 0.396 e. The van der Waals surface area contributed by atoms with Crippen LogP contribution in [0, 0.1) is 12.8 Å². The van der Waals surface area contributed by atoms with E-state index in [2.05, 4.69) is 4.98 Å². The molecule has 2 rings (SSSR count). The number of halogens is 1. The zero-order valence-electron chi connectivity index (χ0n) is 10.4. The van der Waals surface area contributed by atoms with E-state index in [0.29, 0.717) is 23.0 Å². The van der Waals surface area contributed by atoms with Gasteiger partial charge in [-0.2, -0.15) is 0 Å². The van der Waals surface area contributed by atoms with Gasteiger partial charge in [0, 0.05) is 19.7 Å². The first-order valence-electron chi connectivity index (χ1n) is 6.15. The van der Waals surface area contributed by atoms with E-state index in [-0.39, 0.29) is 18.4 Å². The van der Waals surface area contributed by atoms with Gasteiger partial charge in [-0.1, -0.05) is 11.6 Å². The molecule has 18 heavy (non-hydrogen) atoms. The number of likely N-dealkylation sites (tertiary alicyclic amines) is 1. The highest BCUT2D eigenvalue weighted by Crippen LogP contribution is 2.19. The summed E-state index contributed by atoms with van der Waals surface area (Å²) in [6.45, 7) is 3.29. The number of amides is 1. The molecule has 1 aromatic rings. The summed E-state index contributed by atoms with van der Waals surface area (Å²) in [5, 5.41) is 9.58. The van der Waals surface area contributed by atoms with Crippen molar-refractivity contribution in [2.45, 2.75) is 19.8 Å². The fraction of sp³-hybridized carbons (Fsp3) is 0.538. The van der Waals surface area contributed by atoms with Crippen LogP contribution in [0.1, 0.15) is 28.9 Å². The van der Waals surface area contributed by atoms with Crippen LogP contribution in [0.25, 0.3) is 0 Å². The summed E-state index contributed by atoms with van der Waals surface area (Å²) in [6, 6.07) is 3.35. The maximum Gasteiger partial charge on any atom is 0.255 e. The first-order valence-corrected chi connectivity index (χ1v) is 6.53. The molecule has 0 aliphatic carbocycles. The number of nitrogens with zero attached hydrogens (tertiary/aromatic N) is 2. The van der Waals surface area contributed by atoms with Crippen LogP contribution in [0.3, 0.4) is 0 Å². The molecule has 0 spiro atoms. The lowest BCUT2D eigenvalue weighted by molar-refractivity contribution is 0.0619. The number of pyridine rings is 1. The molecule has 0 saturated carbocycles. The Labute approximate surface area is 112 Å². The van der Waals surface area contributed by atoms with Crippen molar-refractivity contribution in [3.8, 4) is 0 Å². The number of aliphatic hydroxyl groups excluding tert-OH is 1. The molecule has 1 aromatic heterocycles. The molecule has 1 fully saturated rings. The zero-order valence-corrected chi connectivity index (χ0v) is 11.2. The minimum atomic E-state index is -0.0187. The highest BCUT2D eigenvalue weighted by Gasteiger charge is 2.25. The van der Waals surface area contributed by atoms with E-state index >= 15 is 0 Å². The molecule has 1 atom stereocenters. The van der Waals surface area contributed by atoms with E-state index in [1.165, 1.54) is 0 Å². The molecule has 1 amide bonds. The van der Waals surface area contributed by atoms with Crippen molar-refractivity contribution >= 4 is 17.5 Å². The summed E-state index contributed by atoms with van der Waals surface area (Å²) in [5.41, 5.74) is 1.25. The van der Waals surface area contributed by atoms with E-state index < -0.39 is 0 Å². The highest BCUT2D eigenvalue weighted by molar-refractivity contribution is 6.29. The molecule has 5 heteroatoms. The molecule has 0 bridgehead atoms. The molecular formula is C13H17ClN2O2. The van der Waals surface area contributed by atoms with E-state index in [9.17, 15) is 9.90 Å². The van der Waals surface area contributed by atoms with E-state index in [1.54, 1.807) is 24.0 Å². The first kappa shape index (κ1) is 13.3. The summed E-state index contributed by atoms with van der Waals surface area (Å²) < 4.78 is 0. The Kier molecular flexibility index (Phi) is 4.19. The Hall–Kier alpha value is -1.13. The van der Waals surface area contributed by atoms with Gasteiger partial charge in [0.05, 0.1) is 11.3 Å². The Bertz CT molecular complexity index is 451. The normalized spacial score (nSPS) is 19.9. The monoisotopic (exact) mass is 268 g/mol. The molecule has 98 valence electrons. The van der Waals surface area contributed by atoms with Gasteiger partial charge < -0.3 is 10.0 Å². The minimum Gasteiger partial charge on any atom is -0.396 e. The molecular weight excluding hydrogens is 252 g/mol. The molecule has 4 nitrogen and oxygen atoms in total. The van der Waals surface area contributed by atoms with Crippen LogP contribution in [-0.4, -0.2) is 40.6 Å². The fourth-order valence-electron chi connectivity index (χ4n) is 2.33. The number of aliphatic hydroxyl groups is 1. The number of rotatable bonds is 2. The smallest absolute Gasteiger partial charge is 0.255 e. The first-order chi connectivity index (χ1) is 8.61. The van der Waals surface area contributed by atoms with Crippen molar-refractivity contribution in [2.24, 2.45) is 5.92 Å². The van der Waals surface area contributed by atoms with E-state index in [0.717, 1.165) is 19.4 Å². The Balaban J connectivity index is 2.15. The van der Waals surface area contributed by atoms with Crippen LogP contribution in [0.2, 0.25) is 5.15 Å².